The molecule has 0 aliphatic carbocycles. The van der Waals surface area contributed by atoms with Gasteiger partial charge in [0.25, 0.3) is 0 Å². The first kappa shape index (κ1) is 10.4. The van der Waals surface area contributed by atoms with E-state index in [1.54, 1.807) is 11.3 Å². The van der Waals surface area contributed by atoms with Crippen LogP contribution < -0.4 is 4.90 Å². The second kappa shape index (κ2) is 4.16. The predicted octanol–water partition coefficient (Wildman–Crippen LogP) is 2.11. The fraction of sp³-hybridized carbons (Fsp3) is 0.667. The van der Waals surface area contributed by atoms with Crippen molar-refractivity contribution in [2.24, 2.45) is 5.92 Å². The van der Waals surface area contributed by atoms with E-state index in [0.29, 0.717) is 5.92 Å². The van der Waals surface area contributed by atoms with Crippen LogP contribution in [0.1, 0.15) is 13.3 Å². The Balaban J connectivity index is 2.18. The summed E-state index contributed by atoms with van der Waals surface area (Å²) in [5, 5.41) is 12.3. The van der Waals surface area contributed by atoms with E-state index in [2.05, 4.69) is 32.7 Å². The van der Waals surface area contributed by atoms with Crippen LogP contribution in [0.2, 0.25) is 0 Å². The van der Waals surface area contributed by atoms with Crippen molar-refractivity contribution in [3.8, 4) is 0 Å². The van der Waals surface area contributed by atoms with Crippen molar-refractivity contribution in [3.05, 3.63) is 9.98 Å². The van der Waals surface area contributed by atoms with Gasteiger partial charge >= 0.3 is 0 Å². The van der Waals surface area contributed by atoms with Crippen LogP contribution in [0.3, 0.4) is 0 Å². The average molecular weight is 277 g/mol. The Morgan fingerprint density at radius 2 is 2.57 bits per heavy atom. The predicted molar refractivity (Wildman–Crippen MR) is 61.8 cm³/mol. The molecular weight excluding hydrogens is 264 g/mol. The van der Waals surface area contributed by atoms with Crippen LogP contribution in [0.5, 0.6) is 0 Å². The number of aliphatic hydroxyl groups excluding tert-OH is 1. The first-order valence-electron chi connectivity index (χ1n) is 4.71. The fourth-order valence-electron chi connectivity index (χ4n) is 1.90. The van der Waals surface area contributed by atoms with E-state index in [1.165, 1.54) is 0 Å². The quantitative estimate of drug-likeness (QED) is 0.899. The van der Waals surface area contributed by atoms with Gasteiger partial charge in [-0.1, -0.05) is 6.92 Å². The van der Waals surface area contributed by atoms with Crippen LogP contribution in [-0.2, 0) is 0 Å². The summed E-state index contributed by atoms with van der Waals surface area (Å²) in [6, 6.07) is 0.244. The molecular formula is C9H13BrN2OS. The molecule has 0 saturated carbocycles. The van der Waals surface area contributed by atoms with E-state index < -0.39 is 0 Å². The minimum atomic E-state index is 0.221. The topological polar surface area (TPSA) is 36.4 Å². The molecule has 0 amide bonds. The number of aliphatic hydroxyl groups is 1. The van der Waals surface area contributed by atoms with Crippen molar-refractivity contribution in [1.29, 1.82) is 0 Å². The Morgan fingerprint density at radius 1 is 1.79 bits per heavy atom. The van der Waals surface area contributed by atoms with Crippen LogP contribution in [0.25, 0.3) is 0 Å². The highest BCUT2D eigenvalue weighted by atomic mass is 79.9. The monoisotopic (exact) mass is 276 g/mol. The molecule has 1 N–H and O–H groups in total. The molecule has 2 heterocycles. The van der Waals surface area contributed by atoms with Crippen molar-refractivity contribution < 1.29 is 5.11 Å². The molecule has 5 heteroatoms. The second-order valence-corrected chi connectivity index (χ2v) is 5.31. The van der Waals surface area contributed by atoms with E-state index in [9.17, 15) is 5.11 Å². The van der Waals surface area contributed by atoms with Crippen LogP contribution in [0.15, 0.2) is 9.98 Å². The molecule has 2 rings (SSSR count). The summed E-state index contributed by atoms with van der Waals surface area (Å²) in [7, 11) is 0. The zero-order valence-corrected chi connectivity index (χ0v) is 10.4. The number of nitrogens with zero attached hydrogens (tertiary/aromatic N) is 2. The summed E-state index contributed by atoms with van der Waals surface area (Å²) in [5.41, 5.74) is 0. The third kappa shape index (κ3) is 1.81. The molecule has 2 unspecified atom stereocenters. The van der Waals surface area contributed by atoms with E-state index in [1.807, 2.05) is 5.38 Å². The number of hydrogen-bond donors (Lipinski definition) is 1. The third-order valence-electron chi connectivity index (χ3n) is 2.78. The molecule has 78 valence electrons. The molecule has 1 fully saturated rings. The number of halogens is 1. The van der Waals surface area contributed by atoms with Gasteiger partial charge in [0.2, 0.25) is 0 Å². The average Bonchev–Trinajstić information content (AvgIpc) is 2.71. The summed E-state index contributed by atoms with van der Waals surface area (Å²) in [6.07, 6.45) is 1.14. The van der Waals surface area contributed by atoms with Crippen LogP contribution >= 0.6 is 27.3 Å². The van der Waals surface area contributed by atoms with Gasteiger partial charge in [0.15, 0.2) is 5.13 Å². The van der Waals surface area contributed by atoms with Crippen LogP contribution in [0, 0.1) is 5.92 Å². The highest BCUT2D eigenvalue weighted by molar-refractivity contribution is 9.10. The van der Waals surface area contributed by atoms with Crippen LogP contribution in [-0.4, -0.2) is 29.3 Å². The Kier molecular flexibility index (Phi) is 3.09. The Hall–Kier alpha value is -0.130. The van der Waals surface area contributed by atoms with Crippen molar-refractivity contribution in [2.45, 2.75) is 19.4 Å². The second-order valence-electron chi connectivity index (χ2n) is 3.66. The van der Waals surface area contributed by atoms with Gasteiger partial charge in [-0.05, 0) is 28.3 Å². The molecule has 14 heavy (non-hydrogen) atoms. The van der Waals surface area contributed by atoms with Gasteiger partial charge in [0.05, 0.1) is 12.6 Å². The minimum Gasteiger partial charge on any atom is -0.394 e. The van der Waals surface area contributed by atoms with Crippen molar-refractivity contribution in [1.82, 2.24) is 4.98 Å². The fourth-order valence-corrected chi connectivity index (χ4v) is 3.24. The van der Waals surface area contributed by atoms with Crippen molar-refractivity contribution in [2.75, 3.05) is 18.1 Å². The molecule has 1 saturated heterocycles. The highest BCUT2D eigenvalue weighted by Crippen LogP contribution is 2.32. The van der Waals surface area contributed by atoms with Crippen molar-refractivity contribution >= 4 is 32.4 Å². The molecule has 0 aromatic carbocycles. The Morgan fingerprint density at radius 3 is 3.14 bits per heavy atom. The third-order valence-corrected chi connectivity index (χ3v) is 4.37. The van der Waals surface area contributed by atoms with Gasteiger partial charge < -0.3 is 10.0 Å². The molecule has 0 spiro atoms. The molecule has 1 aromatic rings. The lowest BCUT2D eigenvalue weighted by Crippen LogP contribution is -2.35. The van der Waals surface area contributed by atoms with Gasteiger partial charge in [-0.25, -0.2) is 4.98 Å². The largest absolute Gasteiger partial charge is 0.394 e. The van der Waals surface area contributed by atoms with E-state index >= 15 is 0 Å². The Bertz CT molecular complexity index is 318. The maximum absolute atomic E-state index is 9.30. The first-order chi connectivity index (χ1) is 6.72. The summed E-state index contributed by atoms with van der Waals surface area (Å²) in [4.78, 5) is 6.58. The zero-order valence-electron chi connectivity index (χ0n) is 7.98. The number of hydrogen-bond acceptors (Lipinski definition) is 4. The smallest absolute Gasteiger partial charge is 0.186 e. The van der Waals surface area contributed by atoms with Gasteiger partial charge in [-0.2, -0.15) is 0 Å². The van der Waals surface area contributed by atoms with E-state index in [4.69, 9.17) is 0 Å². The summed E-state index contributed by atoms with van der Waals surface area (Å²) >= 11 is 4.97. The van der Waals surface area contributed by atoms with Crippen molar-refractivity contribution in [3.63, 3.8) is 0 Å². The number of thiazole rings is 1. The molecule has 1 aliphatic heterocycles. The number of anilines is 1. The lowest BCUT2D eigenvalue weighted by molar-refractivity contribution is 0.244. The lowest BCUT2D eigenvalue weighted by Gasteiger charge is -2.24. The maximum atomic E-state index is 9.30. The van der Waals surface area contributed by atoms with E-state index in [-0.39, 0.29) is 12.6 Å². The molecule has 3 nitrogen and oxygen atoms in total. The zero-order chi connectivity index (χ0) is 10.1. The SMILES string of the molecule is CC1CCN(c2nc(Br)cs2)C1CO. The summed E-state index contributed by atoms with van der Waals surface area (Å²) in [5.74, 6) is 0.558. The highest BCUT2D eigenvalue weighted by Gasteiger charge is 2.31. The van der Waals surface area contributed by atoms with E-state index in [0.717, 1.165) is 22.7 Å². The number of rotatable bonds is 2. The van der Waals surface area contributed by atoms with Gasteiger partial charge in [0.1, 0.15) is 4.60 Å². The van der Waals surface area contributed by atoms with Gasteiger partial charge in [0, 0.05) is 11.9 Å². The molecule has 0 bridgehead atoms. The molecule has 1 aliphatic rings. The molecule has 2 atom stereocenters. The Labute approximate surface area is 95.9 Å². The molecule has 0 radical (unpaired) electrons. The maximum Gasteiger partial charge on any atom is 0.186 e. The van der Waals surface area contributed by atoms with Gasteiger partial charge in [-0.15, -0.1) is 11.3 Å². The van der Waals surface area contributed by atoms with Gasteiger partial charge in [-0.3, -0.25) is 0 Å². The first-order valence-corrected chi connectivity index (χ1v) is 6.38. The molecule has 1 aromatic heterocycles. The normalized spacial score (nSPS) is 27.2. The minimum absolute atomic E-state index is 0.221. The summed E-state index contributed by atoms with van der Waals surface area (Å²) in [6.45, 7) is 3.41. The lowest BCUT2D eigenvalue weighted by atomic mass is 10.0. The van der Waals surface area contributed by atoms with Crippen LogP contribution in [0.4, 0.5) is 5.13 Å². The standard InChI is InChI=1S/C9H13BrN2OS/c1-6-2-3-12(7(6)4-13)9-11-8(10)5-14-9/h5-7,13H,2-4H2,1H3. The summed E-state index contributed by atoms with van der Waals surface area (Å²) < 4.78 is 0.883. The number of aromatic nitrogens is 1.